The summed E-state index contributed by atoms with van der Waals surface area (Å²) in [6.07, 6.45) is 0.666. The highest BCUT2D eigenvalue weighted by atomic mass is 32.2. The van der Waals surface area contributed by atoms with Gasteiger partial charge in [-0.2, -0.15) is 21.6 Å². The largest absolute Gasteiger partial charge is 0.534 e. The predicted molar refractivity (Wildman–Crippen MR) is 130 cm³/mol. The number of β-lactam (4-membered cyclic amide) rings is 1. The molecule has 10 nitrogen and oxygen atoms in total. The van der Waals surface area contributed by atoms with Crippen molar-refractivity contribution in [3.63, 3.8) is 0 Å². The molecule has 1 unspecified atom stereocenters. The minimum Gasteiger partial charge on any atom is -0.463 e. The number of ether oxygens (including phenoxy) is 2. The van der Waals surface area contributed by atoms with Gasteiger partial charge < -0.3 is 23.7 Å². The smallest absolute Gasteiger partial charge is 0.463 e. The summed E-state index contributed by atoms with van der Waals surface area (Å²) in [5.74, 6) is -1.96. The molecule has 1 aliphatic heterocycles. The third-order valence-electron chi connectivity index (χ3n) is 5.88. The Balaban J connectivity index is 1.66. The Hall–Kier alpha value is -3.65. The SMILES string of the molecule is CC(=O)OCC(O)(CCc1ccc(C2CC(=O)N2c2ccc(OS(=O)(=O)C(F)(F)F)cc2)cc1)COC(C)=O. The Bertz CT molecular complexity index is 1290. The molecule has 2 aromatic rings. The van der Waals surface area contributed by atoms with Crippen LogP contribution in [0.15, 0.2) is 48.5 Å². The fraction of sp³-hybridized carbons (Fsp3) is 0.400. The first kappa shape index (κ1) is 29.9. The monoisotopic (exact) mass is 573 g/mol. The fourth-order valence-corrected chi connectivity index (χ4v) is 4.24. The Kier molecular flexibility index (Phi) is 8.91. The normalized spacial score (nSPS) is 15.9. The van der Waals surface area contributed by atoms with E-state index in [1.807, 2.05) is 0 Å². The standard InChI is InChI=1S/C25H26F3NO9S/c1-16(30)36-14-24(33,15-37-17(2)31)12-11-18-3-5-19(6-4-18)22-13-23(32)29(22)20-7-9-21(10-8-20)38-39(34,35)25(26,27)28/h3-10,22,33H,11-15H2,1-2H3. The molecule has 1 aliphatic rings. The van der Waals surface area contributed by atoms with E-state index >= 15 is 0 Å². The van der Waals surface area contributed by atoms with Crippen molar-refractivity contribution in [1.82, 2.24) is 0 Å². The van der Waals surface area contributed by atoms with Crippen molar-refractivity contribution in [2.75, 3.05) is 18.1 Å². The van der Waals surface area contributed by atoms with Crippen molar-refractivity contribution in [2.45, 2.75) is 50.3 Å². The van der Waals surface area contributed by atoms with Crippen LogP contribution in [0.1, 0.15) is 43.9 Å². The molecule has 1 fully saturated rings. The van der Waals surface area contributed by atoms with Crippen LogP contribution >= 0.6 is 0 Å². The number of anilines is 1. The number of carbonyl (C=O) groups excluding carboxylic acids is 3. The lowest BCUT2D eigenvalue weighted by atomic mass is 9.91. The molecule has 0 spiro atoms. The second kappa shape index (κ2) is 11.6. The van der Waals surface area contributed by atoms with Gasteiger partial charge in [0.2, 0.25) is 5.91 Å². The van der Waals surface area contributed by atoms with Crippen LogP contribution in [0.2, 0.25) is 0 Å². The summed E-state index contributed by atoms with van der Waals surface area (Å²) >= 11 is 0. The molecule has 212 valence electrons. The summed E-state index contributed by atoms with van der Waals surface area (Å²) in [6, 6.07) is 11.4. The number of aryl methyl sites for hydroxylation is 1. The second-order valence-corrected chi connectivity index (χ2v) is 10.5. The second-order valence-electron chi connectivity index (χ2n) is 8.99. The maximum Gasteiger partial charge on any atom is 0.534 e. The maximum absolute atomic E-state index is 12.5. The van der Waals surface area contributed by atoms with Crippen LogP contribution in [0.4, 0.5) is 18.9 Å². The molecule has 0 aromatic heterocycles. The maximum atomic E-state index is 12.5. The highest BCUT2D eigenvalue weighted by molar-refractivity contribution is 7.88. The molecule has 39 heavy (non-hydrogen) atoms. The van der Waals surface area contributed by atoms with Gasteiger partial charge in [-0.3, -0.25) is 14.4 Å². The Morgan fingerprint density at radius 3 is 1.97 bits per heavy atom. The van der Waals surface area contributed by atoms with Crippen molar-refractivity contribution in [2.24, 2.45) is 0 Å². The van der Waals surface area contributed by atoms with Crippen LogP contribution in [0, 0.1) is 0 Å². The molecular weight excluding hydrogens is 547 g/mol. The number of hydrogen-bond donors (Lipinski definition) is 1. The van der Waals surface area contributed by atoms with E-state index in [0.29, 0.717) is 12.1 Å². The number of esters is 2. The van der Waals surface area contributed by atoms with Crippen LogP contribution in [0.5, 0.6) is 5.75 Å². The quantitative estimate of drug-likeness (QED) is 0.186. The van der Waals surface area contributed by atoms with Crippen LogP contribution < -0.4 is 9.08 Å². The molecule has 1 heterocycles. The number of alkyl halides is 3. The molecule has 0 bridgehead atoms. The molecule has 2 aromatic carbocycles. The highest BCUT2D eigenvalue weighted by Crippen LogP contribution is 2.39. The molecule has 0 saturated carbocycles. The highest BCUT2D eigenvalue weighted by Gasteiger charge is 2.48. The number of hydrogen-bond acceptors (Lipinski definition) is 9. The van der Waals surface area contributed by atoms with Gasteiger partial charge in [-0.15, -0.1) is 0 Å². The summed E-state index contributed by atoms with van der Waals surface area (Å²) in [5, 5.41) is 10.8. The van der Waals surface area contributed by atoms with E-state index in [0.717, 1.165) is 23.3 Å². The Morgan fingerprint density at radius 2 is 1.51 bits per heavy atom. The minimum absolute atomic E-state index is 0.124. The van der Waals surface area contributed by atoms with Crippen LogP contribution in [0.25, 0.3) is 0 Å². The lowest BCUT2D eigenvalue weighted by Crippen LogP contribution is -2.46. The summed E-state index contributed by atoms with van der Waals surface area (Å²) in [5.41, 5.74) is -5.22. The lowest BCUT2D eigenvalue weighted by molar-refractivity contribution is -0.161. The van der Waals surface area contributed by atoms with Gasteiger partial charge in [0.05, 0.1) is 12.5 Å². The number of nitrogens with zero attached hydrogens (tertiary/aromatic N) is 1. The molecule has 1 saturated heterocycles. The minimum atomic E-state index is -5.81. The predicted octanol–water partition coefficient (Wildman–Crippen LogP) is 3.18. The molecule has 3 rings (SSSR count). The van der Waals surface area contributed by atoms with Crippen LogP contribution in [-0.4, -0.2) is 55.7 Å². The molecule has 14 heteroatoms. The third-order valence-corrected chi connectivity index (χ3v) is 6.86. The van der Waals surface area contributed by atoms with Crippen molar-refractivity contribution in [3.05, 3.63) is 59.7 Å². The van der Waals surface area contributed by atoms with Gasteiger partial charge in [0.25, 0.3) is 0 Å². The fourth-order valence-electron chi connectivity index (χ4n) is 3.78. The van der Waals surface area contributed by atoms with Crippen LogP contribution in [0.3, 0.4) is 0 Å². The first-order valence-electron chi connectivity index (χ1n) is 11.6. The van der Waals surface area contributed by atoms with E-state index in [1.165, 1.54) is 30.9 Å². The average Bonchev–Trinajstić information content (AvgIpc) is 2.84. The van der Waals surface area contributed by atoms with Gasteiger partial charge >= 0.3 is 27.6 Å². The van der Waals surface area contributed by atoms with E-state index in [-0.39, 0.29) is 38.0 Å². The van der Waals surface area contributed by atoms with Gasteiger partial charge in [-0.05, 0) is 48.2 Å². The van der Waals surface area contributed by atoms with Crippen molar-refractivity contribution < 1.29 is 54.7 Å². The van der Waals surface area contributed by atoms with Crippen molar-refractivity contribution in [1.29, 1.82) is 0 Å². The van der Waals surface area contributed by atoms with E-state index in [1.54, 1.807) is 24.3 Å². The van der Waals surface area contributed by atoms with Gasteiger partial charge in [-0.1, -0.05) is 24.3 Å². The number of rotatable bonds is 11. The number of aliphatic hydroxyl groups is 1. The summed E-state index contributed by atoms with van der Waals surface area (Å²) in [7, 11) is -5.81. The summed E-state index contributed by atoms with van der Waals surface area (Å²) < 4.78 is 73.8. The Labute approximate surface area is 222 Å². The molecule has 1 N–H and O–H groups in total. The summed E-state index contributed by atoms with van der Waals surface area (Å²) in [4.78, 5) is 36.0. The molecular formula is C25H26F3NO9S. The number of benzene rings is 2. The Morgan fingerprint density at radius 1 is 0.974 bits per heavy atom. The third kappa shape index (κ3) is 7.69. The molecule has 0 aliphatic carbocycles. The van der Waals surface area contributed by atoms with Crippen LogP contribution in [-0.2, 0) is 40.4 Å². The van der Waals surface area contributed by atoms with E-state index in [9.17, 15) is 41.1 Å². The zero-order chi connectivity index (χ0) is 29.0. The first-order chi connectivity index (χ1) is 18.1. The van der Waals surface area contributed by atoms with Gasteiger partial charge in [0.15, 0.2) is 0 Å². The van der Waals surface area contributed by atoms with E-state index < -0.39 is 38.9 Å². The number of carbonyl (C=O) groups is 3. The summed E-state index contributed by atoms with van der Waals surface area (Å²) in [6.45, 7) is 1.69. The topological polar surface area (TPSA) is 137 Å². The zero-order valence-electron chi connectivity index (χ0n) is 20.9. The average molecular weight is 574 g/mol. The van der Waals surface area contributed by atoms with E-state index in [4.69, 9.17) is 9.47 Å². The van der Waals surface area contributed by atoms with Crippen molar-refractivity contribution in [3.8, 4) is 5.75 Å². The molecule has 1 amide bonds. The number of amides is 1. The van der Waals surface area contributed by atoms with Gasteiger partial charge in [0, 0.05) is 19.5 Å². The van der Waals surface area contributed by atoms with Gasteiger partial charge in [-0.25, -0.2) is 0 Å². The zero-order valence-corrected chi connectivity index (χ0v) is 21.8. The first-order valence-corrected chi connectivity index (χ1v) is 13.0. The molecule has 0 radical (unpaired) electrons. The molecule has 1 atom stereocenters. The van der Waals surface area contributed by atoms with E-state index in [2.05, 4.69) is 4.18 Å². The lowest BCUT2D eigenvalue weighted by Gasteiger charge is -2.41. The van der Waals surface area contributed by atoms with Crippen molar-refractivity contribution >= 4 is 33.7 Å². The van der Waals surface area contributed by atoms with Gasteiger partial charge in [0.1, 0.15) is 24.6 Å². The number of halogens is 3.